The predicted molar refractivity (Wildman–Crippen MR) is 142 cm³/mol. The van der Waals surface area contributed by atoms with Crippen LogP contribution < -0.4 is 9.44 Å². The number of rotatable bonds is 7. The van der Waals surface area contributed by atoms with Gasteiger partial charge in [-0.15, -0.1) is 22.7 Å². The molecule has 0 aliphatic carbocycles. The number of hydrogen-bond donors (Lipinski definition) is 2. The first-order chi connectivity index (χ1) is 16.0. The molecule has 0 saturated heterocycles. The molecule has 4 aromatic rings. The second-order valence-corrected chi connectivity index (χ2v) is 14.7. The summed E-state index contributed by atoms with van der Waals surface area (Å²) >= 11 is 26.0. The predicted octanol–water partition coefficient (Wildman–Crippen LogP) is 7.69. The van der Waals surface area contributed by atoms with E-state index < -0.39 is 20.0 Å². The molecule has 0 radical (unpaired) electrons. The summed E-state index contributed by atoms with van der Waals surface area (Å²) in [5.74, 6) is 0. The highest BCUT2D eigenvalue weighted by Gasteiger charge is 2.23. The van der Waals surface area contributed by atoms with E-state index in [-0.39, 0.29) is 29.2 Å². The average molecular weight is 614 g/mol. The smallest absolute Gasteiger partial charge is 0.271 e. The normalized spacial score (nSPS) is 12.0. The van der Waals surface area contributed by atoms with Gasteiger partial charge in [0.25, 0.3) is 20.0 Å². The first kappa shape index (κ1) is 25.6. The van der Waals surface area contributed by atoms with E-state index in [1.807, 2.05) is 0 Å². The SMILES string of the molecule is O=S(=O)(Nc1ccc(-c2cccc(Cl)c2Cl)cc1NS(=O)(=O)c1ccc(Cl)s1)c1ccc(Cl)s1. The fourth-order valence-corrected chi connectivity index (χ4v) is 8.41. The summed E-state index contributed by atoms with van der Waals surface area (Å²) in [5, 5.41) is 0.582. The molecular formula is C20H12Cl4N2O4S4. The Balaban J connectivity index is 1.81. The zero-order chi connectivity index (χ0) is 24.7. The van der Waals surface area contributed by atoms with E-state index in [0.717, 1.165) is 22.7 Å². The second-order valence-electron chi connectivity index (χ2n) is 6.69. The van der Waals surface area contributed by atoms with E-state index in [9.17, 15) is 16.8 Å². The lowest BCUT2D eigenvalue weighted by atomic mass is 10.0. The minimum atomic E-state index is -4.08. The summed E-state index contributed by atoms with van der Waals surface area (Å²) in [4.78, 5) is 0. The van der Waals surface area contributed by atoms with Gasteiger partial charge in [0.2, 0.25) is 0 Å². The quantitative estimate of drug-likeness (QED) is 0.223. The van der Waals surface area contributed by atoms with Crippen molar-refractivity contribution in [2.24, 2.45) is 0 Å². The third-order valence-electron chi connectivity index (χ3n) is 4.40. The molecule has 0 atom stereocenters. The molecule has 0 spiro atoms. The summed E-state index contributed by atoms with van der Waals surface area (Å²) in [6, 6.07) is 15.1. The van der Waals surface area contributed by atoms with Gasteiger partial charge >= 0.3 is 0 Å². The molecule has 0 aliphatic rings. The van der Waals surface area contributed by atoms with Crippen molar-refractivity contribution in [2.45, 2.75) is 8.42 Å². The molecule has 178 valence electrons. The van der Waals surface area contributed by atoms with Crippen LogP contribution in [0.4, 0.5) is 11.4 Å². The zero-order valence-electron chi connectivity index (χ0n) is 16.6. The maximum Gasteiger partial charge on any atom is 0.271 e. The minimum absolute atomic E-state index is 0.00217. The number of nitrogens with one attached hydrogen (secondary N) is 2. The molecule has 6 nitrogen and oxygen atoms in total. The Morgan fingerprint density at radius 3 is 1.74 bits per heavy atom. The molecule has 14 heteroatoms. The van der Waals surface area contributed by atoms with E-state index >= 15 is 0 Å². The first-order valence-electron chi connectivity index (χ1n) is 9.11. The number of halogens is 4. The molecule has 0 aliphatic heterocycles. The number of hydrogen-bond acceptors (Lipinski definition) is 6. The maximum absolute atomic E-state index is 13.0. The van der Waals surface area contributed by atoms with Gasteiger partial charge in [0.05, 0.1) is 30.1 Å². The van der Waals surface area contributed by atoms with Gasteiger partial charge < -0.3 is 0 Å². The van der Waals surface area contributed by atoms with Crippen LogP contribution in [0.1, 0.15) is 0 Å². The van der Waals surface area contributed by atoms with Crippen LogP contribution >= 0.6 is 69.1 Å². The van der Waals surface area contributed by atoms with Crippen molar-refractivity contribution in [3.05, 3.63) is 79.4 Å². The second kappa shape index (κ2) is 9.87. The van der Waals surface area contributed by atoms with E-state index in [4.69, 9.17) is 46.4 Å². The lowest BCUT2D eigenvalue weighted by Crippen LogP contribution is -2.16. The molecule has 2 heterocycles. The summed E-state index contributed by atoms with van der Waals surface area (Å²) in [7, 11) is -8.12. The molecule has 0 bridgehead atoms. The topological polar surface area (TPSA) is 92.3 Å². The van der Waals surface area contributed by atoms with Crippen molar-refractivity contribution in [3.63, 3.8) is 0 Å². The van der Waals surface area contributed by atoms with Crippen LogP contribution in [0.5, 0.6) is 0 Å². The van der Waals surface area contributed by atoms with Gasteiger partial charge in [-0.1, -0.05) is 64.6 Å². The first-order valence-corrected chi connectivity index (χ1v) is 15.2. The Labute approximate surface area is 224 Å². The van der Waals surface area contributed by atoms with E-state index in [1.54, 1.807) is 24.3 Å². The summed E-state index contributed by atoms with van der Waals surface area (Å²) in [6.45, 7) is 0. The number of benzene rings is 2. The Morgan fingerprint density at radius 1 is 0.647 bits per heavy atom. The fraction of sp³-hybridized carbons (Fsp3) is 0. The fourth-order valence-electron chi connectivity index (χ4n) is 2.89. The standard InChI is InChI=1S/C20H12Cl4N2O4S4/c21-13-3-1-2-12(20(13)24)11-4-5-14(25-33(27,28)18-8-6-16(22)31-18)15(10-11)26-34(29,30)19-9-7-17(23)32-19/h1-10,25-26H. The lowest BCUT2D eigenvalue weighted by Gasteiger charge is -2.16. The average Bonchev–Trinajstić information content (AvgIpc) is 3.40. The molecule has 0 saturated carbocycles. The Kier molecular flexibility index (Phi) is 7.42. The lowest BCUT2D eigenvalue weighted by molar-refractivity contribution is 0.601. The molecule has 0 fully saturated rings. The largest absolute Gasteiger partial charge is 0.277 e. The van der Waals surface area contributed by atoms with Gasteiger partial charge in [-0.05, 0) is 48.0 Å². The molecule has 0 amide bonds. The summed E-state index contributed by atoms with van der Waals surface area (Å²) in [6.07, 6.45) is 0. The minimum Gasteiger partial charge on any atom is -0.277 e. The van der Waals surface area contributed by atoms with Gasteiger partial charge in [0.15, 0.2) is 0 Å². The van der Waals surface area contributed by atoms with E-state index in [1.165, 1.54) is 36.4 Å². The molecular weight excluding hydrogens is 602 g/mol. The van der Waals surface area contributed by atoms with Crippen LogP contribution in [0.25, 0.3) is 11.1 Å². The highest BCUT2D eigenvalue weighted by atomic mass is 35.5. The van der Waals surface area contributed by atoms with Gasteiger partial charge in [-0.2, -0.15) is 0 Å². The monoisotopic (exact) mass is 612 g/mol. The molecule has 2 aromatic heterocycles. The van der Waals surface area contributed by atoms with E-state index in [0.29, 0.717) is 20.5 Å². The third kappa shape index (κ3) is 5.50. The van der Waals surface area contributed by atoms with Crippen LogP contribution in [-0.4, -0.2) is 16.8 Å². The highest BCUT2D eigenvalue weighted by Crippen LogP contribution is 2.38. The van der Waals surface area contributed by atoms with Gasteiger partial charge in [0.1, 0.15) is 8.42 Å². The van der Waals surface area contributed by atoms with E-state index in [2.05, 4.69) is 9.44 Å². The maximum atomic E-state index is 13.0. The summed E-state index contributed by atoms with van der Waals surface area (Å²) in [5.41, 5.74) is 1.02. The van der Waals surface area contributed by atoms with Gasteiger partial charge in [-0.25, -0.2) is 16.8 Å². The number of thiophene rings is 2. The third-order valence-corrected chi connectivity index (χ3v) is 11.4. The van der Waals surface area contributed by atoms with Gasteiger partial charge in [-0.3, -0.25) is 9.44 Å². The Morgan fingerprint density at radius 2 is 1.21 bits per heavy atom. The molecule has 2 N–H and O–H groups in total. The van der Waals surface area contributed by atoms with Crippen LogP contribution in [0.2, 0.25) is 18.7 Å². The molecule has 34 heavy (non-hydrogen) atoms. The Bertz CT molecular complexity index is 1600. The number of anilines is 2. The molecule has 4 rings (SSSR count). The van der Waals surface area contributed by atoms with Crippen molar-refractivity contribution in [3.8, 4) is 11.1 Å². The van der Waals surface area contributed by atoms with Crippen molar-refractivity contribution in [1.29, 1.82) is 0 Å². The zero-order valence-corrected chi connectivity index (χ0v) is 22.8. The molecule has 0 unspecified atom stereocenters. The van der Waals surface area contributed by atoms with Crippen molar-refractivity contribution in [2.75, 3.05) is 9.44 Å². The van der Waals surface area contributed by atoms with Gasteiger partial charge in [0, 0.05) is 5.56 Å². The van der Waals surface area contributed by atoms with Crippen molar-refractivity contribution >= 4 is 100 Å². The number of sulfonamides is 2. The van der Waals surface area contributed by atoms with Crippen LogP contribution in [0.3, 0.4) is 0 Å². The Hall–Kier alpha value is -1.50. The van der Waals surface area contributed by atoms with Crippen LogP contribution in [-0.2, 0) is 20.0 Å². The summed E-state index contributed by atoms with van der Waals surface area (Å²) < 4.78 is 57.1. The van der Waals surface area contributed by atoms with Crippen molar-refractivity contribution in [1.82, 2.24) is 0 Å². The highest BCUT2D eigenvalue weighted by molar-refractivity contribution is 7.95. The van der Waals surface area contributed by atoms with Crippen LogP contribution in [0.15, 0.2) is 69.1 Å². The molecule has 2 aromatic carbocycles. The van der Waals surface area contributed by atoms with Crippen LogP contribution in [0, 0.1) is 0 Å². The van der Waals surface area contributed by atoms with Crippen molar-refractivity contribution < 1.29 is 16.8 Å².